The second kappa shape index (κ2) is 5.07. The van der Waals surface area contributed by atoms with E-state index in [0.29, 0.717) is 12.2 Å². The van der Waals surface area contributed by atoms with Crippen molar-refractivity contribution in [3.05, 3.63) is 52.5 Å². The summed E-state index contributed by atoms with van der Waals surface area (Å²) < 4.78 is 1.11. The van der Waals surface area contributed by atoms with Crippen LogP contribution in [0, 0.1) is 0 Å². The highest BCUT2D eigenvalue weighted by molar-refractivity contribution is 7.16. The van der Waals surface area contributed by atoms with Crippen molar-refractivity contribution in [2.24, 2.45) is 0 Å². The Morgan fingerprint density at radius 1 is 1.16 bits per heavy atom. The van der Waals surface area contributed by atoms with Gasteiger partial charge in [0.1, 0.15) is 5.52 Å². The van der Waals surface area contributed by atoms with Crippen molar-refractivity contribution in [3.8, 4) is 0 Å². The van der Waals surface area contributed by atoms with Crippen molar-refractivity contribution in [1.29, 1.82) is 0 Å². The molecule has 3 rings (SSSR count). The summed E-state index contributed by atoms with van der Waals surface area (Å²) in [4.78, 5) is 4.28. The summed E-state index contributed by atoms with van der Waals surface area (Å²) in [7, 11) is 0. The third kappa shape index (κ3) is 2.50. The van der Waals surface area contributed by atoms with Crippen molar-refractivity contribution < 1.29 is 0 Å². The number of aromatic nitrogens is 1. The molecule has 0 saturated carbocycles. The molecule has 5 heteroatoms. The Hall–Kier alpha value is -1.78. The van der Waals surface area contributed by atoms with Crippen LogP contribution in [0.1, 0.15) is 5.56 Å². The lowest BCUT2D eigenvalue weighted by Gasteiger charge is -2.09. The highest BCUT2D eigenvalue weighted by atomic mass is 35.5. The van der Waals surface area contributed by atoms with Gasteiger partial charge in [0.25, 0.3) is 0 Å². The van der Waals surface area contributed by atoms with Gasteiger partial charge in [-0.15, -0.1) is 11.3 Å². The van der Waals surface area contributed by atoms with Crippen molar-refractivity contribution >= 4 is 44.5 Å². The number of nitrogen functional groups attached to an aromatic ring is 1. The minimum absolute atomic E-state index is 0.702. The molecule has 1 heterocycles. The van der Waals surface area contributed by atoms with Crippen LogP contribution in [-0.2, 0) is 6.54 Å². The van der Waals surface area contributed by atoms with E-state index in [1.54, 1.807) is 11.3 Å². The van der Waals surface area contributed by atoms with Gasteiger partial charge in [-0.3, -0.25) is 0 Å². The Balaban J connectivity index is 1.81. The number of halogens is 1. The van der Waals surface area contributed by atoms with Gasteiger partial charge in [-0.2, -0.15) is 0 Å². The molecule has 19 heavy (non-hydrogen) atoms. The fourth-order valence-electron chi connectivity index (χ4n) is 1.91. The molecule has 0 unspecified atom stereocenters. The second-order valence-corrected chi connectivity index (χ2v) is 5.53. The van der Waals surface area contributed by atoms with E-state index in [0.717, 1.165) is 26.5 Å². The maximum Gasteiger partial charge on any atom is 0.106 e. The number of thiazole rings is 1. The number of nitrogens with two attached hydrogens (primary N) is 1. The van der Waals surface area contributed by atoms with Crippen molar-refractivity contribution in [1.82, 2.24) is 4.98 Å². The minimum atomic E-state index is 0.702. The van der Waals surface area contributed by atoms with Gasteiger partial charge in [0.2, 0.25) is 0 Å². The predicted molar refractivity (Wildman–Crippen MR) is 82.8 cm³/mol. The molecule has 0 fully saturated rings. The largest absolute Gasteiger partial charge is 0.395 e. The Morgan fingerprint density at radius 3 is 2.74 bits per heavy atom. The first-order valence-corrected chi connectivity index (χ1v) is 7.10. The Kier molecular flexibility index (Phi) is 3.27. The van der Waals surface area contributed by atoms with Crippen LogP contribution >= 0.6 is 22.9 Å². The topological polar surface area (TPSA) is 50.9 Å². The molecule has 1 aromatic heterocycles. The first kappa shape index (κ1) is 12.3. The zero-order valence-corrected chi connectivity index (χ0v) is 11.6. The number of anilines is 2. The summed E-state index contributed by atoms with van der Waals surface area (Å²) in [6.07, 6.45) is 0. The fraction of sp³-hybridized carbons (Fsp3) is 0.0714. The van der Waals surface area contributed by atoms with E-state index < -0.39 is 0 Å². The standard InChI is InChI=1S/C14H12ClN3S/c15-10-3-1-9(2-4-10)7-17-11-5-6-12-14(13(11)16)18-8-19-12/h1-6,8,17H,7,16H2. The monoisotopic (exact) mass is 289 g/mol. The molecule has 2 aromatic carbocycles. The average Bonchev–Trinajstić information content (AvgIpc) is 2.89. The molecule has 3 aromatic rings. The van der Waals surface area contributed by atoms with Crippen LogP contribution < -0.4 is 11.1 Å². The van der Waals surface area contributed by atoms with Gasteiger partial charge in [0.15, 0.2) is 0 Å². The molecule has 0 aliphatic heterocycles. The van der Waals surface area contributed by atoms with Crippen LogP contribution in [0.2, 0.25) is 5.02 Å². The number of rotatable bonds is 3. The van der Waals surface area contributed by atoms with Gasteiger partial charge in [-0.1, -0.05) is 23.7 Å². The second-order valence-electron chi connectivity index (χ2n) is 4.21. The molecule has 0 amide bonds. The van der Waals surface area contributed by atoms with Gasteiger partial charge < -0.3 is 11.1 Å². The molecule has 0 bridgehead atoms. The van der Waals surface area contributed by atoms with Gasteiger partial charge in [0.05, 0.1) is 21.6 Å². The Morgan fingerprint density at radius 2 is 1.95 bits per heavy atom. The quantitative estimate of drug-likeness (QED) is 0.712. The predicted octanol–water partition coefficient (Wildman–Crippen LogP) is 4.14. The molecule has 0 saturated heterocycles. The number of hydrogen-bond donors (Lipinski definition) is 2. The van der Waals surface area contributed by atoms with Gasteiger partial charge in [0, 0.05) is 11.6 Å². The van der Waals surface area contributed by atoms with Gasteiger partial charge in [-0.25, -0.2) is 4.98 Å². The normalized spacial score (nSPS) is 10.8. The zero-order valence-electron chi connectivity index (χ0n) is 10.1. The van der Waals surface area contributed by atoms with Crippen LogP contribution in [-0.4, -0.2) is 4.98 Å². The van der Waals surface area contributed by atoms with Crippen molar-refractivity contribution in [2.45, 2.75) is 6.54 Å². The van der Waals surface area contributed by atoms with E-state index in [1.807, 2.05) is 41.9 Å². The van der Waals surface area contributed by atoms with Gasteiger partial charge >= 0.3 is 0 Å². The molecule has 0 spiro atoms. The Labute approximate surface area is 120 Å². The van der Waals surface area contributed by atoms with E-state index >= 15 is 0 Å². The summed E-state index contributed by atoms with van der Waals surface area (Å²) in [5.74, 6) is 0. The molecule has 96 valence electrons. The average molecular weight is 290 g/mol. The van der Waals surface area contributed by atoms with Gasteiger partial charge in [-0.05, 0) is 29.8 Å². The van der Waals surface area contributed by atoms with E-state index in [1.165, 1.54) is 0 Å². The third-order valence-corrected chi connectivity index (χ3v) is 3.98. The number of benzene rings is 2. The highest BCUT2D eigenvalue weighted by Gasteiger charge is 2.06. The van der Waals surface area contributed by atoms with E-state index in [-0.39, 0.29) is 0 Å². The van der Waals surface area contributed by atoms with Crippen molar-refractivity contribution in [2.75, 3.05) is 11.1 Å². The molecular weight excluding hydrogens is 278 g/mol. The van der Waals surface area contributed by atoms with Crippen molar-refractivity contribution in [3.63, 3.8) is 0 Å². The highest BCUT2D eigenvalue weighted by Crippen LogP contribution is 2.30. The van der Waals surface area contributed by atoms with Crippen LogP contribution in [0.4, 0.5) is 11.4 Å². The lowest BCUT2D eigenvalue weighted by Crippen LogP contribution is -2.02. The third-order valence-electron chi connectivity index (χ3n) is 2.94. The lowest BCUT2D eigenvalue weighted by molar-refractivity contribution is 1.15. The van der Waals surface area contributed by atoms with Crippen LogP contribution in [0.3, 0.4) is 0 Å². The minimum Gasteiger partial charge on any atom is -0.395 e. The number of nitrogens with zero attached hydrogens (tertiary/aromatic N) is 1. The molecule has 0 aliphatic rings. The molecule has 3 nitrogen and oxygen atoms in total. The SMILES string of the molecule is Nc1c(NCc2ccc(Cl)cc2)ccc2scnc12. The first-order chi connectivity index (χ1) is 9.24. The summed E-state index contributed by atoms with van der Waals surface area (Å²) in [5.41, 5.74) is 11.6. The first-order valence-electron chi connectivity index (χ1n) is 5.84. The maximum absolute atomic E-state index is 6.11. The zero-order chi connectivity index (χ0) is 13.2. The van der Waals surface area contributed by atoms with Crippen LogP contribution in [0.5, 0.6) is 0 Å². The molecular formula is C14H12ClN3S. The fourth-order valence-corrected chi connectivity index (χ4v) is 2.72. The molecule has 0 radical (unpaired) electrons. The summed E-state index contributed by atoms with van der Waals surface area (Å²) in [6.45, 7) is 0.705. The smallest absolute Gasteiger partial charge is 0.106 e. The maximum atomic E-state index is 6.11. The van der Waals surface area contributed by atoms with Crippen LogP contribution in [0.15, 0.2) is 41.9 Å². The lowest BCUT2D eigenvalue weighted by atomic mass is 10.2. The number of nitrogens with one attached hydrogen (secondary N) is 1. The molecule has 3 N–H and O–H groups in total. The summed E-state index contributed by atoms with van der Waals surface area (Å²) in [5, 5.41) is 4.07. The van der Waals surface area contributed by atoms with Crippen LogP contribution in [0.25, 0.3) is 10.2 Å². The van der Waals surface area contributed by atoms with E-state index in [2.05, 4.69) is 10.3 Å². The molecule has 0 aliphatic carbocycles. The van der Waals surface area contributed by atoms with E-state index in [9.17, 15) is 0 Å². The van der Waals surface area contributed by atoms with E-state index in [4.69, 9.17) is 17.3 Å². The number of hydrogen-bond acceptors (Lipinski definition) is 4. The number of fused-ring (bicyclic) bond motifs is 1. The summed E-state index contributed by atoms with van der Waals surface area (Å²) >= 11 is 7.45. The Bertz CT molecular complexity index is 706. The molecule has 0 atom stereocenters. The summed E-state index contributed by atoms with van der Waals surface area (Å²) in [6, 6.07) is 11.8.